The van der Waals surface area contributed by atoms with Crippen LogP contribution in [0.3, 0.4) is 0 Å². The Hall–Kier alpha value is -2.88. The Kier molecular flexibility index (Phi) is 3.87. The summed E-state index contributed by atoms with van der Waals surface area (Å²) in [7, 11) is 0. The molecule has 2 aromatic carbocycles. The largest absolute Gasteiger partial charge is 0.326 e. The van der Waals surface area contributed by atoms with E-state index in [2.05, 4.69) is 33.7 Å². The Labute approximate surface area is 140 Å². The van der Waals surface area contributed by atoms with Gasteiger partial charge in [0.25, 0.3) is 0 Å². The van der Waals surface area contributed by atoms with Crippen LogP contribution in [-0.4, -0.2) is 16.1 Å². The fourth-order valence-electron chi connectivity index (χ4n) is 3.32. The van der Waals surface area contributed by atoms with Gasteiger partial charge in [0.15, 0.2) is 0 Å². The molecule has 0 aliphatic heterocycles. The summed E-state index contributed by atoms with van der Waals surface area (Å²) in [6.45, 7) is 0. The van der Waals surface area contributed by atoms with Gasteiger partial charge in [0, 0.05) is 23.4 Å². The van der Waals surface area contributed by atoms with Gasteiger partial charge in [-0.3, -0.25) is 9.89 Å². The number of nitrogens with zero attached hydrogens (tertiary/aromatic N) is 1. The number of aromatic nitrogens is 2. The van der Waals surface area contributed by atoms with E-state index in [1.807, 2.05) is 36.5 Å². The Bertz CT molecular complexity index is 838. The second-order valence-electron chi connectivity index (χ2n) is 6.26. The van der Waals surface area contributed by atoms with Crippen LogP contribution < -0.4 is 5.32 Å². The first-order valence-corrected chi connectivity index (χ1v) is 8.26. The monoisotopic (exact) mass is 317 g/mol. The third-order valence-electron chi connectivity index (χ3n) is 4.70. The summed E-state index contributed by atoms with van der Waals surface area (Å²) in [5.74, 6) is 0.161. The van der Waals surface area contributed by atoms with Gasteiger partial charge in [-0.05, 0) is 48.1 Å². The van der Waals surface area contributed by atoms with Gasteiger partial charge in [-0.2, -0.15) is 5.10 Å². The maximum atomic E-state index is 12.6. The molecule has 1 amide bonds. The van der Waals surface area contributed by atoms with Crippen molar-refractivity contribution < 1.29 is 4.79 Å². The van der Waals surface area contributed by atoms with E-state index in [1.165, 1.54) is 11.1 Å². The summed E-state index contributed by atoms with van der Waals surface area (Å²) in [6.07, 6.45) is 6.36. The number of aryl methyl sites for hydroxylation is 1. The van der Waals surface area contributed by atoms with Gasteiger partial charge in [-0.15, -0.1) is 0 Å². The number of nitrogens with one attached hydrogen (secondary N) is 2. The quantitative estimate of drug-likeness (QED) is 0.771. The standard InChI is InChI=1S/C20H19N3O/c24-20(17-6-5-14-3-1-2-4-16(14)11-17)23-19-9-7-15(8-10-19)18-12-21-22-13-18/h1-4,7-10,12-13,17H,5-6,11H2,(H,21,22)(H,23,24). The van der Waals surface area contributed by atoms with E-state index in [0.717, 1.165) is 36.1 Å². The van der Waals surface area contributed by atoms with Crippen LogP contribution in [0.25, 0.3) is 11.1 Å². The second-order valence-corrected chi connectivity index (χ2v) is 6.26. The summed E-state index contributed by atoms with van der Waals surface area (Å²) in [4.78, 5) is 12.6. The van der Waals surface area contributed by atoms with Crippen LogP contribution in [0.1, 0.15) is 17.5 Å². The molecule has 0 bridgehead atoms. The van der Waals surface area contributed by atoms with Crippen LogP contribution >= 0.6 is 0 Å². The van der Waals surface area contributed by atoms with Crippen LogP contribution in [0.15, 0.2) is 60.9 Å². The average molecular weight is 317 g/mol. The summed E-state index contributed by atoms with van der Waals surface area (Å²) in [5, 5.41) is 9.81. The molecule has 1 heterocycles. The van der Waals surface area contributed by atoms with Gasteiger partial charge in [-0.1, -0.05) is 36.4 Å². The highest BCUT2D eigenvalue weighted by Gasteiger charge is 2.24. The molecule has 0 radical (unpaired) electrons. The van der Waals surface area contributed by atoms with Crippen molar-refractivity contribution in [3.63, 3.8) is 0 Å². The lowest BCUT2D eigenvalue weighted by Gasteiger charge is -2.23. The van der Waals surface area contributed by atoms with Crippen molar-refractivity contribution in [1.82, 2.24) is 10.2 Å². The van der Waals surface area contributed by atoms with Crippen LogP contribution in [0.2, 0.25) is 0 Å². The van der Waals surface area contributed by atoms with Crippen molar-refractivity contribution >= 4 is 11.6 Å². The zero-order chi connectivity index (χ0) is 16.4. The summed E-state index contributed by atoms with van der Waals surface area (Å²) in [6, 6.07) is 16.3. The topological polar surface area (TPSA) is 57.8 Å². The molecule has 1 atom stereocenters. The molecule has 0 fully saturated rings. The summed E-state index contributed by atoms with van der Waals surface area (Å²) < 4.78 is 0. The smallest absolute Gasteiger partial charge is 0.227 e. The summed E-state index contributed by atoms with van der Waals surface area (Å²) in [5.41, 5.74) is 5.64. The number of carbonyl (C=O) groups is 1. The maximum Gasteiger partial charge on any atom is 0.227 e. The second kappa shape index (κ2) is 6.32. The zero-order valence-electron chi connectivity index (χ0n) is 13.3. The number of hydrogen-bond acceptors (Lipinski definition) is 2. The Morgan fingerprint density at radius 1 is 1.04 bits per heavy atom. The van der Waals surface area contributed by atoms with Crippen molar-refractivity contribution in [2.24, 2.45) is 5.92 Å². The maximum absolute atomic E-state index is 12.6. The first kappa shape index (κ1) is 14.7. The van der Waals surface area contributed by atoms with Gasteiger partial charge < -0.3 is 5.32 Å². The van der Waals surface area contributed by atoms with E-state index in [-0.39, 0.29) is 11.8 Å². The molecular weight excluding hydrogens is 298 g/mol. The summed E-state index contributed by atoms with van der Waals surface area (Å²) >= 11 is 0. The first-order valence-electron chi connectivity index (χ1n) is 8.26. The number of anilines is 1. The molecule has 120 valence electrons. The molecule has 1 aliphatic rings. The van der Waals surface area contributed by atoms with Crippen molar-refractivity contribution in [2.45, 2.75) is 19.3 Å². The highest BCUT2D eigenvalue weighted by Crippen LogP contribution is 2.27. The van der Waals surface area contributed by atoms with Crippen molar-refractivity contribution in [3.05, 3.63) is 72.1 Å². The minimum atomic E-state index is 0.0495. The third kappa shape index (κ3) is 2.95. The van der Waals surface area contributed by atoms with E-state index < -0.39 is 0 Å². The van der Waals surface area contributed by atoms with Crippen molar-refractivity contribution in [2.75, 3.05) is 5.32 Å². The lowest BCUT2D eigenvalue weighted by molar-refractivity contribution is -0.120. The molecule has 24 heavy (non-hydrogen) atoms. The number of fused-ring (bicyclic) bond motifs is 1. The minimum Gasteiger partial charge on any atom is -0.326 e. The predicted octanol–water partition coefficient (Wildman–Crippen LogP) is 3.82. The molecule has 4 heteroatoms. The average Bonchev–Trinajstić information content (AvgIpc) is 3.16. The van der Waals surface area contributed by atoms with Gasteiger partial charge in [0.2, 0.25) is 5.91 Å². The van der Waals surface area contributed by atoms with E-state index in [1.54, 1.807) is 6.20 Å². The van der Waals surface area contributed by atoms with E-state index in [0.29, 0.717) is 0 Å². The molecule has 0 spiro atoms. The number of amides is 1. The highest BCUT2D eigenvalue weighted by atomic mass is 16.1. The lowest BCUT2D eigenvalue weighted by atomic mass is 9.83. The molecule has 4 nitrogen and oxygen atoms in total. The molecule has 4 rings (SSSR count). The predicted molar refractivity (Wildman–Crippen MR) is 94.6 cm³/mol. The minimum absolute atomic E-state index is 0.0495. The van der Waals surface area contributed by atoms with E-state index >= 15 is 0 Å². The molecule has 2 N–H and O–H groups in total. The molecule has 3 aromatic rings. The molecule has 1 aromatic heterocycles. The fourth-order valence-corrected chi connectivity index (χ4v) is 3.32. The SMILES string of the molecule is O=C(Nc1ccc(-c2cn[nH]c2)cc1)C1CCc2ccccc2C1. The number of H-pyrrole nitrogens is 1. The number of hydrogen-bond donors (Lipinski definition) is 2. The number of carbonyl (C=O) groups excluding carboxylic acids is 1. The van der Waals surface area contributed by atoms with Gasteiger partial charge in [-0.25, -0.2) is 0 Å². The number of aromatic amines is 1. The first-order chi connectivity index (χ1) is 11.8. The Balaban J connectivity index is 1.43. The van der Waals surface area contributed by atoms with Crippen molar-refractivity contribution in [1.29, 1.82) is 0 Å². The van der Waals surface area contributed by atoms with Crippen molar-refractivity contribution in [3.8, 4) is 11.1 Å². The third-order valence-corrected chi connectivity index (χ3v) is 4.70. The Morgan fingerprint density at radius 3 is 2.58 bits per heavy atom. The molecule has 1 unspecified atom stereocenters. The number of rotatable bonds is 3. The highest BCUT2D eigenvalue weighted by molar-refractivity contribution is 5.93. The zero-order valence-corrected chi connectivity index (χ0v) is 13.3. The molecule has 1 aliphatic carbocycles. The van der Waals surface area contributed by atoms with Crippen LogP contribution in [0.4, 0.5) is 5.69 Å². The van der Waals surface area contributed by atoms with Crippen LogP contribution in [-0.2, 0) is 17.6 Å². The Morgan fingerprint density at radius 2 is 1.83 bits per heavy atom. The number of benzene rings is 2. The van der Waals surface area contributed by atoms with Gasteiger partial charge >= 0.3 is 0 Å². The normalized spacial score (nSPS) is 16.4. The lowest BCUT2D eigenvalue weighted by Crippen LogP contribution is -2.28. The fraction of sp³-hybridized carbons (Fsp3) is 0.200. The van der Waals surface area contributed by atoms with Gasteiger partial charge in [0.1, 0.15) is 0 Å². The molecule has 0 saturated heterocycles. The van der Waals surface area contributed by atoms with E-state index in [4.69, 9.17) is 0 Å². The van der Waals surface area contributed by atoms with E-state index in [9.17, 15) is 4.79 Å². The van der Waals surface area contributed by atoms with Gasteiger partial charge in [0.05, 0.1) is 6.20 Å². The molecular formula is C20H19N3O. The van der Waals surface area contributed by atoms with Crippen LogP contribution in [0, 0.1) is 5.92 Å². The van der Waals surface area contributed by atoms with Crippen LogP contribution in [0.5, 0.6) is 0 Å². The molecule has 0 saturated carbocycles.